The Morgan fingerprint density at radius 2 is 2.05 bits per heavy atom. The van der Waals surface area contributed by atoms with E-state index in [1.54, 1.807) is 20.8 Å². The van der Waals surface area contributed by atoms with Crippen LogP contribution in [0.15, 0.2) is 11.0 Å². The summed E-state index contributed by atoms with van der Waals surface area (Å²) in [6.07, 6.45) is 0.368. The Morgan fingerprint density at radius 1 is 1.45 bits per heavy atom. The molecule has 8 heteroatoms. The van der Waals surface area contributed by atoms with Gasteiger partial charge in [-0.3, -0.25) is 19.5 Å². The minimum absolute atomic E-state index is 0.133. The molecule has 0 bridgehead atoms. The van der Waals surface area contributed by atoms with Gasteiger partial charge in [0.15, 0.2) is 0 Å². The maximum Gasteiger partial charge on any atom is 0.411 e. The van der Waals surface area contributed by atoms with Crippen molar-refractivity contribution in [3.63, 3.8) is 0 Å². The van der Waals surface area contributed by atoms with Gasteiger partial charge in [-0.05, 0) is 0 Å². The van der Waals surface area contributed by atoms with Gasteiger partial charge in [-0.25, -0.2) is 9.78 Å². The third kappa shape index (κ3) is 3.56. The molecule has 0 aliphatic rings. The maximum absolute atomic E-state index is 12.2. The van der Waals surface area contributed by atoms with Gasteiger partial charge in [0.05, 0.1) is 13.3 Å². The molecule has 110 valence electrons. The molecule has 0 aliphatic heterocycles. The summed E-state index contributed by atoms with van der Waals surface area (Å²) in [5.41, 5.74) is -1.29. The Bertz CT molecular complexity index is 586. The second-order valence-electron chi connectivity index (χ2n) is 5.15. The highest BCUT2D eigenvalue weighted by Gasteiger charge is 2.23. The second-order valence-corrected chi connectivity index (χ2v) is 5.15. The smallest absolute Gasteiger partial charge is 0.411 e. The van der Waals surface area contributed by atoms with E-state index in [4.69, 9.17) is 5.11 Å². The molecule has 8 nitrogen and oxygen atoms in total. The molecule has 1 amide bonds. The van der Waals surface area contributed by atoms with E-state index in [2.05, 4.69) is 15.0 Å². The van der Waals surface area contributed by atoms with Crippen molar-refractivity contribution in [2.45, 2.75) is 32.7 Å². The normalized spacial score (nSPS) is 11.0. The van der Waals surface area contributed by atoms with E-state index >= 15 is 0 Å². The molecule has 0 atom stereocenters. The number of hydrogen-bond donors (Lipinski definition) is 2. The number of aliphatic carboxylic acids is 1. The molecule has 1 rings (SSSR count). The average molecular weight is 283 g/mol. The highest BCUT2D eigenvalue weighted by atomic mass is 16.5. The van der Waals surface area contributed by atoms with Crippen LogP contribution in [0.2, 0.25) is 0 Å². The third-order valence-corrected chi connectivity index (χ3v) is 2.43. The highest BCUT2D eigenvalue weighted by molar-refractivity contribution is 5.83. The molecule has 1 aromatic rings. The first-order chi connectivity index (χ1) is 9.16. The van der Waals surface area contributed by atoms with Gasteiger partial charge in [-0.1, -0.05) is 20.8 Å². The van der Waals surface area contributed by atoms with Crippen LogP contribution < -0.4 is 10.9 Å². The van der Waals surface area contributed by atoms with Crippen LogP contribution in [0.1, 0.15) is 26.6 Å². The molecule has 0 fully saturated rings. The summed E-state index contributed by atoms with van der Waals surface area (Å²) >= 11 is 0. The van der Waals surface area contributed by atoms with Crippen molar-refractivity contribution in [3.05, 3.63) is 22.4 Å². The van der Waals surface area contributed by atoms with Crippen molar-refractivity contribution in [2.24, 2.45) is 0 Å². The molecular formula is C12H17N3O5. The van der Waals surface area contributed by atoms with Crippen molar-refractivity contribution in [2.75, 3.05) is 12.4 Å². The predicted octanol–water partition coefficient (Wildman–Crippen LogP) is 0.804. The second kappa shape index (κ2) is 5.72. The van der Waals surface area contributed by atoms with Crippen molar-refractivity contribution >= 4 is 17.7 Å². The Kier molecular flexibility index (Phi) is 4.49. The summed E-state index contributed by atoms with van der Waals surface area (Å²) in [6, 6.07) is 0. The lowest BCUT2D eigenvalue weighted by Crippen LogP contribution is -2.35. The van der Waals surface area contributed by atoms with Crippen LogP contribution >= 0.6 is 0 Å². The Balaban J connectivity index is 3.39. The summed E-state index contributed by atoms with van der Waals surface area (Å²) in [4.78, 5) is 38.3. The van der Waals surface area contributed by atoms with Crippen molar-refractivity contribution in [1.82, 2.24) is 9.55 Å². The van der Waals surface area contributed by atoms with Gasteiger partial charge < -0.3 is 9.84 Å². The fourth-order valence-corrected chi connectivity index (χ4v) is 1.62. The molecule has 0 aliphatic carbocycles. The van der Waals surface area contributed by atoms with Gasteiger partial charge in [-0.15, -0.1) is 0 Å². The van der Waals surface area contributed by atoms with Crippen LogP contribution in [0.3, 0.4) is 0 Å². The van der Waals surface area contributed by atoms with Gasteiger partial charge in [0.1, 0.15) is 18.1 Å². The summed E-state index contributed by atoms with van der Waals surface area (Å²) in [7, 11) is 1.15. The van der Waals surface area contributed by atoms with Gasteiger partial charge in [0.25, 0.3) is 5.56 Å². The van der Waals surface area contributed by atoms with Gasteiger partial charge >= 0.3 is 12.1 Å². The lowest BCUT2D eigenvalue weighted by molar-refractivity contribution is -0.137. The minimum atomic E-state index is -1.17. The van der Waals surface area contributed by atoms with Gasteiger partial charge in [0.2, 0.25) is 0 Å². The van der Waals surface area contributed by atoms with Gasteiger partial charge in [0, 0.05) is 5.41 Å². The minimum Gasteiger partial charge on any atom is -0.480 e. The number of carbonyl (C=O) groups is 2. The van der Waals surface area contributed by atoms with E-state index in [9.17, 15) is 14.4 Å². The number of carboxylic acids is 1. The SMILES string of the molecule is COC(=O)Nc1cnc(C(C)(C)C)n(CC(=O)O)c1=O. The molecule has 0 radical (unpaired) electrons. The zero-order valence-electron chi connectivity index (χ0n) is 11.8. The monoisotopic (exact) mass is 283 g/mol. The quantitative estimate of drug-likeness (QED) is 0.849. The van der Waals surface area contributed by atoms with E-state index in [0.29, 0.717) is 5.82 Å². The van der Waals surface area contributed by atoms with Crippen LogP contribution in [-0.2, 0) is 21.5 Å². The number of methoxy groups -OCH3 is 1. The number of carboxylic acid groups (broad SMARTS) is 1. The number of ether oxygens (including phenoxy) is 1. The molecule has 0 spiro atoms. The lowest BCUT2D eigenvalue weighted by Gasteiger charge is -2.22. The number of aromatic nitrogens is 2. The van der Waals surface area contributed by atoms with E-state index in [-0.39, 0.29) is 5.69 Å². The number of amides is 1. The standard InChI is InChI=1S/C12H17N3O5/c1-12(2,3)10-13-5-7(14-11(19)20-4)9(18)15(10)6-8(16)17/h5H,6H2,1-4H3,(H,14,19)(H,16,17). The van der Waals surface area contributed by atoms with Crippen LogP contribution in [0.25, 0.3) is 0 Å². The number of rotatable bonds is 3. The number of carbonyl (C=O) groups excluding carboxylic acids is 1. The topological polar surface area (TPSA) is 111 Å². The van der Waals surface area contributed by atoms with E-state index in [1.807, 2.05) is 0 Å². The number of nitrogens with zero attached hydrogens (tertiary/aromatic N) is 2. The van der Waals surface area contributed by atoms with Crippen LogP contribution in [0, 0.1) is 0 Å². The summed E-state index contributed by atoms with van der Waals surface area (Å²) in [5.74, 6) is -0.852. The summed E-state index contributed by atoms with van der Waals surface area (Å²) < 4.78 is 5.41. The van der Waals surface area contributed by atoms with Crippen molar-refractivity contribution < 1.29 is 19.4 Å². The number of hydrogen-bond acceptors (Lipinski definition) is 5. The first kappa shape index (κ1) is 15.7. The first-order valence-corrected chi connectivity index (χ1v) is 5.84. The molecule has 0 aromatic carbocycles. The van der Waals surface area contributed by atoms with Crippen LogP contribution in [0.4, 0.5) is 10.5 Å². The number of anilines is 1. The Hall–Kier alpha value is -2.38. The Labute approximate surface area is 115 Å². The summed E-state index contributed by atoms with van der Waals surface area (Å²) in [6.45, 7) is 4.89. The van der Waals surface area contributed by atoms with Crippen LogP contribution in [-0.4, -0.2) is 33.8 Å². The van der Waals surface area contributed by atoms with Crippen molar-refractivity contribution in [3.8, 4) is 0 Å². The molecule has 0 unspecified atom stereocenters. The predicted molar refractivity (Wildman–Crippen MR) is 70.9 cm³/mol. The average Bonchev–Trinajstić information content (AvgIpc) is 2.32. The number of nitrogens with one attached hydrogen (secondary N) is 1. The highest BCUT2D eigenvalue weighted by Crippen LogP contribution is 2.19. The largest absolute Gasteiger partial charge is 0.480 e. The van der Waals surface area contributed by atoms with Gasteiger partial charge in [-0.2, -0.15) is 0 Å². The van der Waals surface area contributed by atoms with E-state index in [0.717, 1.165) is 11.7 Å². The Morgan fingerprint density at radius 3 is 2.50 bits per heavy atom. The third-order valence-electron chi connectivity index (χ3n) is 2.43. The zero-order valence-corrected chi connectivity index (χ0v) is 11.8. The zero-order chi connectivity index (χ0) is 15.5. The molecule has 2 N–H and O–H groups in total. The molecule has 20 heavy (non-hydrogen) atoms. The maximum atomic E-state index is 12.2. The van der Waals surface area contributed by atoms with Crippen molar-refractivity contribution in [1.29, 1.82) is 0 Å². The fraction of sp³-hybridized carbons (Fsp3) is 0.500. The van der Waals surface area contributed by atoms with E-state index in [1.165, 1.54) is 6.20 Å². The molecule has 0 saturated heterocycles. The first-order valence-electron chi connectivity index (χ1n) is 5.84. The molecule has 0 saturated carbocycles. The lowest BCUT2D eigenvalue weighted by atomic mass is 9.95. The fourth-order valence-electron chi connectivity index (χ4n) is 1.62. The molecule has 1 heterocycles. The molecular weight excluding hydrogens is 266 g/mol. The van der Waals surface area contributed by atoms with E-state index < -0.39 is 29.6 Å². The van der Waals surface area contributed by atoms with Crippen LogP contribution in [0.5, 0.6) is 0 Å². The summed E-state index contributed by atoms with van der Waals surface area (Å²) in [5, 5.41) is 11.1. The molecule has 1 aromatic heterocycles.